The number of carbonyl (C=O) groups is 1. The highest BCUT2D eigenvalue weighted by Crippen LogP contribution is 2.04. The topological polar surface area (TPSA) is 82.3 Å². The average molecular weight is 380 g/mol. The van der Waals surface area contributed by atoms with Crippen LogP contribution in [0.3, 0.4) is 0 Å². The van der Waals surface area contributed by atoms with E-state index in [9.17, 15) is 4.79 Å². The molecule has 0 radical (unpaired) electrons. The third kappa shape index (κ3) is 8.01. The monoisotopic (exact) mass is 379 g/mol. The molecule has 27 heavy (non-hydrogen) atoms. The van der Waals surface area contributed by atoms with Crippen LogP contribution in [0.2, 0.25) is 0 Å². The third-order valence-corrected chi connectivity index (χ3v) is 4.39. The lowest BCUT2D eigenvalue weighted by atomic mass is 10.3. The third-order valence-electron chi connectivity index (χ3n) is 4.39. The Morgan fingerprint density at radius 1 is 1.26 bits per heavy atom. The van der Waals surface area contributed by atoms with Crippen molar-refractivity contribution in [2.75, 3.05) is 66.1 Å². The van der Waals surface area contributed by atoms with Gasteiger partial charge in [-0.05, 0) is 18.6 Å². The van der Waals surface area contributed by atoms with Crippen LogP contribution in [0.15, 0.2) is 27.8 Å². The highest BCUT2D eigenvalue weighted by molar-refractivity contribution is 5.80. The van der Waals surface area contributed by atoms with Gasteiger partial charge in [0.05, 0.1) is 19.4 Å². The molecule has 8 nitrogen and oxygen atoms in total. The molecule has 1 amide bonds. The summed E-state index contributed by atoms with van der Waals surface area (Å²) in [5.41, 5.74) is 0. The first-order chi connectivity index (χ1) is 13.2. The number of nitrogens with zero attached hydrogens (tertiary/aromatic N) is 3. The number of guanidine groups is 1. The molecule has 0 atom stereocenters. The number of piperazine rings is 1. The van der Waals surface area contributed by atoms with Crippen molar-refractivity contribution in [2.24, 2.45) is 4.99 Å². The molecule has 0 aliphatic carbocycles. The fourth-order valence-corrected chi connectivity index (χ4v) is 2.91. The van der Waals surface area contributed by atoms with Gasteiger partial charge in [-0.2, -0.15) is 0 Å². The van der Waals surface area contributed by atoms with Crippen LogP contribution < -0.4 is 10.6 Å². The summed E-state index contributed by atoms with van der Waals surface area (Å²) < 4.78 is 10.3. The number of rotatable bonds is 10. The Morgan fingerprint density at radius 3 is 2.74 bits per heavy atom. The standard InChI is InChI=1S/C19H33N5O3/c1-3-7-21-19(22-8-6-17-5-4-14-27-17)24-12-10-23(11-13-24)16-18(25)20-9-15-26-2/h4-5,14H,3,6-13,15-16H2,1-2H3,(H,20,25)(H,21,22). The lowest BCUT2D eigenvalue weighted by Gasteiger charge is -2.36. The van der Waals surface area contributed by atoms with Gasteiger partial charge in [0.2, 0.25) is 5.91 Å². The van der Waals surface area contributed by atoms with Gasteiger partial charge in [0.1, 0.15) is 5.76 Å². The predicted octanol–water partition coefficient (Wildman–Crippen LogP) is 0.558. The van der Waals surface area contributed by atoms with E-state index in [0.717, 1.165) is 63.8 Å². The summed E-state index contributed by atoms with van der Waals surface area (Å²) >= 11 is 0. The fourth-order valence-electron chi connectivity index (χ4n) is 2.91. The van der Waals surface area contributed by atoms with Crippen LogP contribution in [-0.2, 0) is 16.0 Å². The molecule has 1 aliphatic heterocycles. The van der Waals surface area contributed by atoms with Gasteiger partial charge in [-0.3, -0.25) is 14.7 Å². The second-order valence-electron chi connectivity index (χ2n) is 6.57. The summed E-state index contributed by atoms with van der Waals surface area (Å²) in [6.07, 6.45) is 3.55. The molecular formula is C19H33N5O3. The summed E-state index contributed by atoms with van der Waals surface area (Å²) in [5.74, 6) is 1.98. The smallest absolute Gasteiger partial charge is 0.234 e. The zero-order valence-corrected chi connectivity index (χ0v) is 16.6. The van der Waals surface area contributed by atoms with E-state index in [1.165, 1.54) is 0 Å². The Bertz CT molecular complexity index is 554. The molecule has 0 spiro atoms. The van der Waals surface area contributed by atoms with Crippen LogP contribution in [0, 0.1) is 0 Å². The Kier molecular flexibility index (Phi) is 9.72. The van der Waals surface area contributed by atoms with Gasteiger partial charge in [0, 0.05) is 59.3 Å². The molecule has 8 heteroatoms. The van der Waals surface area contributed by atoms with E-state index < -0.39 is 0 Å². The lowest BCUT2D eigenvalue weighted by Crippen LogP contribution is -2.54. The second kappa shape index (κ2) is 12.3. The predicted molar refractivity (Wildman–Crippen MR) is 106 cm³/mol. The van der Waals surface area contributed by atoms with Crippen LogP contribution in [0.4, 0.5) is 0 Å². The number of amides is 1. The van der Waals surface area contributed by atoms with Crippen molar-refractivity contribution in [1.29, 1.82) is 0 Å². The summed E-state index contributed by atoms with van der Waals surface area (Å²) in [4.78, 5) is 21.1. The number of ether oxygens (including phenoxy) is 1. The molecular weight excluding hydrogens is 346 g/mol. The van der Waals surface area contributed by atoms with Crippen LogP contribution in [0.1, 0.15) is 19.1 Å². The zero-order valence-electron chi connectivity index (χ0n) is 16.6. The summed E-state index contributed by atoms with van der Waals surface area (Å²) in [5, 5.41) is 6.33. The molecule has 0 bridgehead atoms. The second-order valence-corrected chi connectivity index (χ2v) is 6.57. The Hall–Kier alpha value is -2.06. The molecule has 1 aromatic heterocycles. The van der Waals surface area contributed by atoms with Gasteiger partial charge in [-0.1, -0.05) is 6.92 Å². The van der Waals surface area contributed by atoms with Crippen LogP contribution >= 0.6 is 0 Å². The van der Waals surface area contributed by atoms with Crippen LogP contribution in [0.25, 0.3) is 0 Å². The molecule has 1 saturated heterocycles. The van der Waals surface area contributed by atoms with Gasteiger partial charge in [0.15, 0.2) is 5.96 Å². The number of methoxy groups -OCH3 is 1. The molecule has 1 aromatic rings. The van der Waals surface area contributed by atoms with Gasteiger partial charge < -0.3 is 24.7 Å². The van der Waals surface area contributed by atoms with Crippen molar-refractivity contribution in [2.45, 2.75) is 19.8 Å². The van der Waals surface area contributed by atoms with E-state index in [4.69, 9.17) is 14.1 Å². The average Bonchev–Trinajstić information content (AvgIpc) is 3.19. The molecule has 0 saturated carbocycles. The van der Waals surface area contributed by atoms with Crippen LogP contribution in [-0.4, -0.2) is 87.7 Å². The first-order valence-electron chi connectivity index (χ1n) is 9.76. The highest BCUT2D eigenvalue weighted by Gasteiger charge is 2.21. The molecule has 1 fully saturated rings. The van der Waals surface area contributed by atoms with E-state index in [1.54, 1.807) is 13.4 Å². The van der Waals surface area contributed by atoms with E-state index in [0.29, 0.717) is 19.7 Å². The fraction of sp³-hybridized carbons (Fsp3) is 0.684. The minimum Gasteiger partial charge on any atom is -0.469 e. The first-order valence-corrected chi connectivity index (χ1v) is 9.76. The van der Waals surface area contributed by atoms with E-state index in [1.807, 2.05) is 12.1 Å². The zero-order chi connectivity index (χ0) is 19.3. The summed E-state index contributed by atoms with van der Waals surface area (Å²) in [7, 11) is 1.63. The number of hydrogen-bond acceptors (Lipinski definition) is 5. The molecule has 2 N–H and O–H groups in total. The van der Waals surface area contributed by atoms with Crippen LogP contribution in [0.5, 0.6) is 0 Å². The van der Waals surface area contributed by atoms with Crippen molar-refractivity contribution in [3.8, 4) is 0 Å². The SMILES string of the molecule is CCCN=C(NCCc1ccco1)N1CCN(CC(=O)NCCOC)CC1. The minimum absolute atomic E-state index is 0.0527. The summed E-state index contributed by atoms with van der Waals surface area (Å²) in [6, 6.07) is 3.90. The summed E-state index contributed by atoms with van der Waals surface area (Å²) in [6.45, 7) is 8.69. The molecule has 152 valence electrons. The molecule has 2 heterocycles. The van der Waals surface area contributed by atoms with Crippen molar-refractivity contribution >= 4 is 11.9 Å². The van der Waals surface area contributed by atoms with Crippen molar-refractivity contribution in [3.63, 3.8) is 0 Å². The van der Waals surface area contributed by atoms with E-state index in [-0.39, 0.29) is 5.91 Å². The largest absolute Gasteiger partial charge is 0.469 e. The number of hydrogen-bond donors (Lipinski definition) is 2. The Morgan fingerprint density at radius 2 is 2.07 bits per heavy atom. The molecule has 0 unspecified atom stereocenters. The molecule has 2 rings (SSSR count). The van der Waals surface area contributed by atoms with Gasteiger partial charge >= 0.3 is 0 Å². The Balaban J connectivity index is 1.74. The van der Waals surface area contributed by atoms with Crippen molar-refractivity contribution < 1.29 is 13.9 Å². The lowest BCUT2D eigenvalue weighted by molar-refractivity contribution is -0.122. The normalized spacial score (nSPS) is 15.8. The van der Waals surface area contributed by atoms with E-state index in [2.05, 4.69) is 27.4 Å². The number of carbonyl (C=O) groups excluding carboxylic acids is 1. The maximum Gasteiger partial charge on any atom is 0.234 e. The molecule has 1 aliphatic rings. The number of nitrogens with one attached hydrogen (secondary N) is 2. The van der Waals surface area contributed by atoms with Crippen molar-refractivity contribution in [1.82, 2.24) is 20.4 Å². The van der Waals surface area contributed by atoms with Gasteiger partial charge in [-0.15, -0.1) is 0 Å². The highest BCUT2D eigenvalue weighted by atomic mass is 16.5. The number of furan rings is 1. The Labute approximate surface area is 161 Å². The first kappa shape index (κ1) is 21.2. The van der Waals surface area contributed by atoms with Gasteiger partial charge in [0.25, 0.3) is 0 Å². The minimum atomic E-state index is 0.0527. The molecule has 0 aromatic carbocycles. The van der Waals surface area contributed by atoms with Gasteiger partial charge in [-0.25, -0.2) is 0 Å². The van der Waals surface area contributed by atoms with E-state index >= 15 is 0 Å². The number of aliphatic imine (C=N–C) groups is 1. The maximum absolute atomic E-state index is 11.9. The van der Waals surface area contributed by atoms with Crippen molar-refractivity contribution in [3.05, 3.63) is 24.2 Å². The maximum atomic E-state index is 11.9. The quantitative estimate of drug-likeness (QED) is 0.351.